The lowest BCUT2D eigenvalue weighted by Crippen LogP contribution is -2.45. The molecule has 0 aromatic heterocycles. The summed E-state index contributed by atoms with van der Waals surface area (Å²) in [6.45, 7) is 1.85. The Balaban J connectivity index is 1.91. The van der Waals surface area contributed by atoms with Crippen LogP contribution < -0.4 is 20.7 Å². The van der Waals surface area contributed by atoms with Gasteiger partial charge in [0.2, 0.25) is 0 Å². The predicted molar refractivity (Wildman–Crippen MR) is 110 cm³/mol. The van der Waals surface area contributed by atoms with E-state index >= 15 is 0 Å². The molecule has 0 aliphatic carbocycles. The molecule has 1 atom stereocenters. The molecule has 134 valence electrons. The summed E-state index contributed by atoms with van der Waals surface area (Å²) in [6.07, 6.45) is 0. The molecule has 3 N–H and O–H groups in total. The highest BCUT2D eigenvalue weighted by molar-refractivity contribution is 9.10. The van der Waals surface area contributed by atoms with Crippen molar-refractivity contribution in [1.82, 2.24) is 10.6 Å². The van der Waals surface area contributed by atoms with Crippen LogP contribution in [0.1, 0.15) is 18.5 Å². The Kier molecular flexibility index (Phi) is 5.58. The smallest absolute Gasteiger partial charge is 0.255 e. The third kappa shape index (κ3) is 4.05. The molecule has 26 heavy (non-hydrogen) atoms. The van der Waals surface area contributed by atoms with E-state index in [9.17, 15) is 4.79 Å². The van der Waals surface area contributed by atoms with Gasteiger partial charge in [0.25, 0.3) is 5.91 Å². The molecule has 0 unspecified atom stereocenters. The van der Waals surface area contributed by atoms with Crippen molar-refractivity contribution in [2.24, 2.45) is 0 Å². The fourth-order valence-corrected chi connectivity index (χ4v) is 3.31. The first-order valence-corrected chi connectivity index (χ1v) is 9.17. The largest absolute Gasteiger partial charge is 0.497 e. The Morgan fingerprint density at radius 2 is 1.81 bits per heavy atom. The minimum atomic E-state index is -0.342. The minimum Gasteiger partial charge on any atom is -0.497 e. The van der Waals surface area contributed by atoms with Gasteiger partial charge in [0.05, 0.1) is 18.7 Å². The van der Waals surface area contributed by atoms with Gasteiger partial charge in [-0.15, -0.1) is 0 Å². The van der Waals surface area contributed by atoms with Gasteiger partial charge in [-0.05, 0) is 61.1 Å². The van der Waals surface area contributed by atoms with Gasteiger partial charge >= 0.3 is 0 Å². The van der Waals surface area contributed by atoms with Gasteiger partial charge in [-0.1, -0.05) is 28.1 Å². The normalized spacial score (nSPS) is 16.6. The molecular weight excluding hydrogens is 414 g/mol. The van der Waals surface area contributed by atoms with Crippen LogP contribution in [0.4, 0.5) is 5.69 Å². The highest BCUT2D eigenvalue weighted by Crippen LogP contribution is 2.29. The first-order chi connectivity index (χ1) is 12.5. The number of methoxy groups -OCH3 is 1. The van der Waals surface area contributed by atoms with Gasteiger partial charge in [0.1, 0.15) is 5.75 Å². The summed E-state index contributed by atoms with van der Waals surface area (Å²) >= 11 is 8.66. The molecule has 0 fully saturated rings. The van der Waals surface area contributed by atoms with Crippen molar-refractivity contribution in [1.29, 1.82) is 0 Å². The number of carbonyl (C=O) groups excluding carboxylic acids is 1. The van der Waals surface area contributed by atoms with Gasteiger partial charge in [0.15, 0.2) is 5.11 Å². The zero-order chi connectivity index (χ0) is 18.7. The molecular formula is C19H18BrN3O2S. The van der Waals surface area contributed by atoms with E-state index in [1.165, 1.54) is 0 Å². The lowest BCUT2D eigenvalue weighted by atomic mass is 9.95. The van der Waals surface area contributed by atoms with E-state index < -0.39 is 0 Å². The van der Waals surface area contributed by atoms with Crippen LogP contribution in [0.3, 0.4) is 0 Å². The van der Waals surface area contributed by atoms with Crippen LogP contribution in [0.2, 0.25) is 0 Å². The molecule has 2 aromatic rings. The molecule has 1 aliphatic heterocycles. The molecule has 0 bridgehead atoms. The van der Waals surface area contributed by atoms with Gasteiger partial charge in [-0.3, -0.25) is 4.79 Å². The second-order valence-electron chi connectivity index (χ2n) is 5.80. The SMILES string of the molecule is COc1ccc([C@H]2NC(=S)NC(C)=C2C(=O)Nc2ccc(Br)cc2)cc1. The predicted octanol–water partition coefficient (Wildman–Crippen LogP) is 3.89. The fraction of sp³-hybridized carbons (Fsp3) is 0.158. The summed E-state index contributed by atoms with van der Waals surface area (Å²) in [5.74, 6) is 0.569. The molecule has 1 aliphatic rings. The lowest BCUT2D eigenvalue weighted by molar-refractivity contribution is -0.113. The second kappa shape index (κ2) is 7.88. The van der Waals surface area contributed by atoms with E-state index in [1.807, 2.05) is 55.5 Å². The number of amides is 1. The zero-order valence-electron chi connectivity index (χ0n) is 14.3. The molecule has 7 heteroatoms. The Hall–Kier alpha value is -2.38. The van der Waals surface area contributed by atoms with Crippen LogP contribution in [0.25, 0.3) is 0 Å². The summed E-state index contributed by atoms with van der Waals surface area (Å²) < 4.78 is 6.16. The van der Waals surface area contributed by atoms with Crippen LogP contribution >= 0.6 is 28.1 Å². The van der Waals surface area contributed by atoms with Crippen molar-refractivity contribution < 1.29 is 9.53 Å². The summed E-state index contributed by atoms with van der Waals surface area (Å²) in [5.41, 5.74) is 2.96. The second-order valence-corrected chi connectivity index (χ2v) is 7.13. The fourth-order valence-electron chi connectivity index (χ4n) is 2.77. The first kappa shape index (κ1) is 18.4. The topological polar surface area (TPSA) is 62.4 Å². The molecule has 1 heterocycles. The standard InChI is InChI=1S/C19H18BrN3O2S/c1-11-16(18(24)22-14-7-5-13(20)6-8-14)17(23-19(26)21-11)12-3-9-15(25-2)10-4-12/h3-10,17H,1-2H3,(H,22,24)(H2,21,23,26)/t17-/m1/s1. The molecule has 0 spiro atoms. The molecule has 0 radical (unpaired) electrons. The van der Waals surface area contributed by atoms with Crippen LogP contribution in [0, 0.1) is 0 Å². The average molecular weight is 432 g/mol. The van der Waals surface area contributed by atoms with Crippen molar-refractivity contribution >= 4 is 44.9 Å². The summed E-state index contributed by atoms with van der Waals surface area (Å²) in [4.78, 5) is 12.9. The first-order valence-electron chi connectivity index (χ1n) is 7.97. The van der Waals surface area contributed by atoms with Crippen LogP contribution in [-0.4, -0.2) is 18.1 Å². The van der Waals surface area contributed by atoms with E-state index in [1.54, 1.807) is 7.11 Å². The molecule has 1 amide bonds. The quantitative estimate of drug-likeness (QED) is 0.640. The highest BCUT2D eigenvalue weighted by Gasteiger charge is 2.29. The number of anilines is 1. The van der Waals surface area contributed by atoms with Crippen molar-refractivity contribution in [3.8, 4) is 5.75 Å². The van der Waals surface area contributed by atoms with Crippen LogP contribution in [0.5, 0.6) is 5.75 Å². The van der Waals surface area contributed by atoms with E-state index in [4.69, 9.17) is 17.0 Å². The third-order valence-electron chi connectivity index (χ3n) is 4.06. The van der Waals surface area contributed by atoms with Crippen molar-refractivity contribution in [3.05, 3.63) is 69.8 Å². The number of carbonyl (C=O) groups is 1. The monoisotopic (exact) mass is 431 g/mol. The van der Waals surface area contributed by atoms with Gasteiger partial charge in [-0.2, -0.15) is 0 Å². The molecule has 5 nitrogen and oxygen atoms in total. The molecule has 2 aromatic carbocycles. The van der Waals surface area contributed by atoms with Crippen molar-refractivity contribution in [2.75, 3.05) is 12.4 Å². The Morgan fingerprint density at radius 3 is 2.42 bits per heavy atom. The highest BCUT2D eigenvalue weighted by atomic mass is 79.9. The maximum absolute atomic E-state index is 12.9. The molecule has 0 saturated carbocycles. The van der Waals surface area contributed by atoms with E-state index in [0.29, 0.717) is 10.7 Å². The maximum Gasteiger partial charge on any atom is 0.255 e. The zero-order valence-corrected chi connectivity index (χ0v) is 16.7. The Bertz CT molecular complexity index is 863. The van der Waals surface area contributed by atoms with Crippen LogP contribution in [0.15, 0.2) is 64.3 Å². The number of hydrogen-bond acceptors (Lipinski definition) is 3. The maximum atomic E-state index is 12.9. The average Bonchev–Trinajstić information content (AvgIpc) is 2.63. The molecule has 3 rings (SSSR count). The van der Waals surface area contributed by atoms with Crippen molar-refractivity contribution in [3.63, 3.8) is 0 Å². The lowest BCUT2D eigenvalue weighted by Gasteiger charge is -2.30. The Labute approximate surface area is 165 Å². The molecule has 0 saturated heterocycles. The summed E-state index contributed by atoms with van der Waals surface area (Å²) in [6, 6.07) is 14.7. The Morgan fingerprint density at radius 1 is 1.15 bits per heavy atom. The van der Waals surface area contributed by atoms with E-state index in [-0.39, 0.29) is 11.9 Å². The number of nitrogens with one attached hydrogen (secondary N) is 3. The third-order valence-corrected chi connectivity index (χ3v) is 4.81. The summed E-state index contributed by atoms with van der Waals surface area (Å²) in [7, 11) is 1.62. The number of ether oxygens (including phenoxy) is 1. The minimum absolute atomic E-state index is 0.187. The van der Waals surface area contributed by atoms with Gasteiger partial charge in [-0.25, -0.2) is 0 Å². The number of thiocarbonyl (C=S) groups is 1. The number of rotatable bonds is 4. The van der Waals surface area contributed by atoms with E-state index in [2.05, 4.69) is 31.9 Å². The number of benzene rings is 2. The number of halogens is 1. The number of hydrogen-bond donors (Lipinski definition) is 3. The van der Waals surface area contributed by atoms with Gasteiger partial charge in [0, 0.05) is 15.9 Å². The van der Waals surface area contributed by atoms with E-state index in [0.717, 1.165) is 27.2 Å². The van der Waals surface area contributed by atoms with Crippen molar-refractivity contribution in [2.45, 2.75) is 13.0 Å². The number of allylic oxidation sites excluding steroid dienone is 1. The van der Waals surface area contributed by atoms with Gasteiger partial charge < -0.3 is 20.7 Å². The van der Waals surface area contributed by atoms with Crippen LogP contribution in [-0.2, 0) is 4.79 Å². The summed E-state index contributed by atoms with van der Waals surface area (Å²) in [5, 5.41) is 9.64.